The summed E-state index contributed by atoms with van der Waals surface area (Å²) in [5.74, 6) is 1.04. The zero-order valence-electron chi connectivity index (χ0n) is 18.8. The molecule has 5 heteroatoms. The molecule has 6 rings (SSSR count). The van der Waals surface area contributed by atoms with Gasteiger partial charge in [0.15, 0.2) is 5.60 Å². The third kappa shape index (κ3) is 3.05. The summed E-state index contributed by atoms with van der Waals surface area (Å²) in [5, 5.41) is 2.13. The van der Waals surface area contributed by atoms with Crippen LogP contribution in [0.5, 0.6) is 11.5 Å². The number of ether oxygens (including phenoxy) is 2. The van der Waals surface area contributed by atoms with Crippen molar-refractivity contribution >= 4 is 17.3 Å². The lowest BCUT2D eigenvalue weighted by molar-refractivity contribution is 0.0224. The highest BCUT2D eigenvalue weighted by Crippen LogP contribution is 2.56. The van der Waals surface area contributed by atoms with Crippen molar-refractivity contribution in [1.29, 1.82) is 0 Å². The van der Waals surface area contributed by atoms with Crippen LogP contribution in [0.25, 0.3) is 0 Å². The average molecular weight is 449 g/mol. The molecule has 0 aromatic heterocycles. The predicted molar refractivity (Wildman–Crippen MR) is 132 cm³/mol. The molecule has 2 aliphatic heterocycles. The molecule has 0 saturated carbocycles. The number of nitrogens with one attached hydrogen (secondary N) is 1. The zero-order valence-corrected chi connectivity index (χ0v) is 18.8. The Kier molecular flexibility index (Phi) is 4.77. The van der Waals surface area contributed by atoms with Crippen LogP contribution in [0.2, 0.25) is 0 Å². The van der Waals surface area contributed by atoms with E-state index in [1.165, 1.54) is 0 Å². The van der Waals surface area contributed by atoms with Gasteiger partial charge < -0.3 is 9.47 Å². The van der Waals surface area contributed by atoms with E-state index in [4.69, 9.17) is 9.47 Å². The summed E-state index contributed by atoms with van der Waals surface area (Å²) in [6.45, 7) is 2.99. The first-order valence-electron chi connectivity index (χ1n) is 11.5. The second-order valence-corrected chi connectivity index (χ2v) is 8.52. The van der Waals surface area contributed by atoms with Crippen LogP contribution in [0.1, 0.15) is 40.4 Å². The molecule has 4 aromatic carbocycles. The number of carbonyl (C=O) groups excluding carboxylic acids is 1. The van der Waals surface area contributed by atoms with Crippen molar-refractivity contribution in [3.63, 3.8) is 0 Å². The van der Waals surface area contributed by atoms with Crippen molar-refractivity contribution in [3.05, 3.63) is 119 Å². The third-order valence-electron chi connectivity index (χ3n) is 6.40. The van der Waals surface area contributed by atoms with Crippen LogP contribution >= 0.6 is 0 Å². The lowest BCUT2D eigenvalue weighted by Crippen LogP contribution is -2.34. The number of nitrogens with zero attached hydrogens (tertiary/aromatic N) is 1. The topological polar surface area (TPSA) is 50.8 Å². The number of esters is 1. The molecule has 1 N–H and O–H groups in total. The van der Waals surface area contributed by atoms with E-state index in [0.29, 0.717) is 17.1 Å². The quantitative estimate of drug-likeness (QED) is 0.279. The summed E-state index contributed by atoms with van der Waals surface area (Å²) in [4.78, 5) is 13.0. The number of hydrazine groups is 1. The molecule has 0 radical (unpaired) electrons. The Balaban J connectivity index is 1.50. The maximum absolute atomic E-state index is 13.0. The van der Waals surface area contributed by atoms with Gasteiger partial charge in [0.05, 0.1) is 16.9 Å². The predicted octanol–water partition coefficient (Wildman–Crippen LogP) is 6.50. The van der Waals surface area contributed by atoms with Gasteiger partial charge >= 0.3 is 5.97 Å². The van der Waals surface area contributed by atoms with Gasteiger partial charge in [0, 0.05) is 23.2 Å². The summed E-state index contributed by atoms with van der Waals surface area (Å²) < 4.78 is 12.5. The highest BCUT2D eigenvalue weighted by molar-refractivity contribution is 5.97. The summed E-state index contributed by atoms with van der Waals surface area (Å²) in [6.07, 6.45) is 0.984. The largest absolute Gasteiger partial charge is 0.456 e. The van der Waals surface area contributed by atoms with Crippen LogP contribution in [0.3, 0.4) is 0 Å². The first-order chi connectivity index (χ1) is 16.7. The molecule has 1 atom stereocenters. The Morgan fingerprint density at radius 3 is 2.32 bits per heavy atom. The highest BCUT2D eigenvalue weighted by Gasteiger charge is 2.53. The van der Waals surface area contributed by atoms with Crippen molar-refractivity contribution in [2.45, 2.75) is 18.9 Å². The molecule has 1 spiro atoms. The van der Waals surface area contributed by atoms with Crippen molar-refractivity contribution < 1.29 is 14.3 Å². The molecule has 0 fully saturated rings. The van der Waals surface area contributed by atoms with E-state index in [1.807, 2.05) is 84.9 Å². The highest BCUT2D eigenvalue weighted by atomic mass is 16.6. The maximum atomic E-state index is 13.0. The Labute approximate surface area is 198 Å². The van der Waals surface area contributed by atoms with E-state index in [9.17, 15) is 4.79 Å². The van der Waals surface area contributed by atoms with Crippen LogP contribution in [0, 0.1) is 0 Å². The van der Waals surface area contributed by atoms with Gasteiger partial charge in [-0.05, 0) is 48.9 Å². The maximum Gasteiger partial charge on any atom is 0.340 e. The van der Waals surface area contributed by atoms with E-state index in [0.717, 1.165) is 41.0 Å². The molecular formula is C29H24N2O3. The second kappa shape index (κ2) is 7.96. The van der Waals surface area contributed by atoms with Gasteiger partial charge in [0.25, 0.3) is 0 Å². The number of fused-ring (bicyclic) bond motifs is 6. The molecule has 4 aromatic rings. The smallest absolute Gasteiger partial charge is 0.340 e. The van der Waals surface area contributed by atoms with Crippen molar-refractivity contribution in [3.8, 4) is 11.5 Å². The third-order valence-corrected chi connectivity index (χ3v) is 6.40. The SMILES string of the molecule is CCCN(Nc1ccc2c(c1)C1(OC(=O)c3ccccc31)c1ccccc1O2)c1ccccc1. The molecule has 0 saturated heterocycles. The van der Waals surface area contributed by atoms with Crippen LogP contribution in [-0.2, 0) is 10.3 Å². The molecule has 0 aliphatic carbocycles. The average Bonchev–Trinajstić information content (AvgIpc) is 3.18. The van der Waals surface area contributed by atoms with Crippen LogP contribution < -0.4 is 15.2 Å². The lowest BCUT2D eigenvalue weighted by Gasteiger charge is -2.37. The van der Waals surface area contributed by atoms with Gasteiger partial charge in [-0.25, -0.2) is 4.79 Å². The summed E-state index contributed by atoms with van der Waals surface area (Å²) in [6, 6.07) is 31.6. The van der Waals surface area contributed by atoms with Crippen molar-refractivity contribution in [1.82, 2.24) is 0 Å². The Bertz CT molecular complexity index is 1390. The van der Waals surface area contributed by atoms with Gasteiger partial charge in [0.1, 0.15) is 11.5 Å². The molecule has 34 heavy (non-hydrogen) atoms. The molecule has 0 amide bonds. The van der Waals surface area contributed by atoms with Gasteiger partial charge in [-0.15, -0.1) is 0 Å². The van der Waals surface area contributed by atoms with Gasteiger partial charge in [-0.1, -0.05) is 61.5 Å². The van der Waals surface area contributed by atoms with Gasteiger partial charge in [0.2, 0.25) is 0 Å². The number of hydrogen-bond donors (Lipinski definition) is 1. The van der Waals surface area contributed by atoms with Crippen LogP contribution in [-0.4, -0.2) is 12.5 Å². The van der Waals surface area contributed by atoms with E-state index in [1.54, 1.807) is 0 Å². The molecule has 2 heterocycles. The minimum absolute atomic E-state index is 0.325. The zero-order chi connectivity index (χ0) is 23.1. The van der Waals surface area contributed by atoms with Gasteiger partial charge in [-0.2, -0.15) is 0 Å². The lowest BCUT2D eigenvalue weighted by atomic mass is 9.77. The van der Waals surface area contributed by atoms with Crippen molar-refractivity contribution in [2.75, 3.05) is 17.0 Å². The number of anilines is 2. The molecule has 1 unspecified atom stereocenters. The van der Waals surface area contributed by atoms with E-state index in [2.05, 4.69) is 29.5 Å². The van der Waals surface area contributed by atoms with E-state index in [-0.39, 0.29) is 5.97 Å². The number of para-hydroxylation sites is 2. The monoisotopic (exact) mass is 448 g/mol. The first-order valence-corrected chi connectivity index (χ1v) is 11.5. The van der Waals surface area contributed by atoms with Gasteiger partial charge in [-0.3, -0.25) is 10.4 Å². The molecule has 5 nitrogen and oxygen atoms in total. The summed E-state index contributed by atoms with van der Waals surface area (Å²) in [5.41, 5.74) is 7.51. The molecule has 0 bridgehead atoms. The van der Waals surface area contributed by atoms with Crippen LogP contribution in [0.4, 0.5) is 11.4 Å². The molecule has 2 aliphatic rings. The van der Waals surface area contributed by atoms with Crippen molar-refractivity contribution in [2.24, 2.45) is 0 Å². The Hall–Kier alpha value is -4.25. The minimum atomic E-state index is -1.06. The number of benzene rings is 4. The fourth-order valence-corrected chi connectivity index (χ4v) is 4.93. The first kappa shape index (κ1) is 20.4. The fourth-order valence-electron chi connectivity index (χ4n) is 4.93. The summed E-state index contributed by atoms with van der Waals surface area (Å²) >= 11 is 0. The Morgan fingerprint density at radius 1 is 0.794 bits per heavy atom. The van der Waals surface area contributed by atoms with Crippen LogP contribution in [0.15, 0.2) is 97.1 Å². The normalized spacial score (nSPS) is 17.3. The molecule has 168 valence electrons. The second-order valence-electron chi connectivity index (χ2n) is 8.52. The number of rotatable bonds is 5. The Morgan fingerprint density at radius 2 is 1.50 bits per heavy atom. The fraction of sp³-hybridized carbons (Fsp3) is 0.138. The number of hydrogen-bond acceptors (Lipinski definition) is 5. The minimum Gasteiger partial charge on any atom is -0.456 e. The summed E-state index contributed by atoms with van der Waals surface area (Å²) in [7, 11) is 0. The number of carbonyl (C=O) groups is 1. The molecular weight excluding hydrogens is 424 g/mol. The van der Waals surface area contributed by atoms with E-state index >= 15 is 0 Å². The van der Waals surface area contributed by atoms with E-state index < -0.39 is 5.60 Å². The standard InChI is InChI=1S/C29H24N2O3/c1-2-18-31(21-10-4-3-5-11-21)30-20-16-17-27-25(19-20)29(24-14-8-9-15-26(24)33-27)23-13-7-6-12-22(23)28(32)34-29/h3-17,19,30H,2,18H2,1H3.